The molecular weight excluding hydrogens is 525 g/mol. The van der Waals surface area contributed by atoms with Crippen molar-refractivity contribution in [2.24, 2.45) is 0 Å². The van der Waals surface area contributed by atoms with Crippen molar-refractivity contribution >= 4 is 46.6 Å². The van der Waals surface area contributed by atoms with Gasteiger partial charge >= 0.3 is 0 Å². The molecule has 36 heavy (non-hydrogen) atoms. The number of aliphatic hydroxyl groups is 1. The molecule has 0 bridgehead atoms. The Hall–Kier alpha value is -2.65. The van der Waals surface area contributed by atoms with E-state index >= 15 is 0 Å². The smallest absolute Gasteiger partial charge is 0.273 e. The number of benzene rings is 1. The number of halogens is 3. The lowest BCUT2D eigenvalue weighted by Crippen LogP contribution is -2.46. The van der Waals surface area contributed by atoms with Crippen molar-refractivity contribution in [3.63, 3.8) is 0 Å². The molecular formula is C25H24Cl3N5O3. The topological polar surface area (TPSA) is 91.6 Å². The highest BCUT2D eigenvalue weighted by Gasteiger charge is 2.41. The SMILES string of the molecule is CC(c1ccc(Cl)nc1)N1C[C@@H](CO)n2nc3c(c2C1=O)CN(C(=O)c1ccc(Cl)c(Cl)c1)[C@H](C)C3. The molecule has 0 fully saturated rings. The minimum atomic E-state index is -0.402. The number of hydrogen-bond donors (Lipinski definition) is 1. The number of fused-ring (bicyclic) bond motifs is 3. The van der Waals surface area contributed by atoms with Gasteiger partial charge in [-0.2, -0.15) is 5.10 Å². The van der Waals surface area contributed by atoms with Crippen molar-refractivity contribution in [1.29, 1.82) is 0 Å². The number of amides is 2. The molecule has 5 rings (SSSR count). The molecule has 188 valence electrons. The fourth-order valence-corrected chi connectivity index (χ4v) is 5.34. The summed E-state index contributed by atoms with van der Waals surface area (Å²) in [5.41, 5.74) is 3.13. The summed E-state index contributed by atoms with van der Waals surface area (Å²) in [4.78, 5) is 34.8. The number of pyridine rings is 1. The van der Waals surface area contributed by atoms with E-state index in [2.05, 4.69) is 4.98 Å². The lowest BCUT2D eigenvalue weighted by molar-refractivity contribution is 0.0513. The Bertz CT molecular complexity index is 1340. The second-order valence-electron chi connectivity index (χ2n) is 9.22. The van der Waals surface area contributed by atoms with Gasteiger partial charge in [-0.15, -0.1) is 0 Å². The van der Waals surface area contributed by atoms with Gasteiger partial charge in [0.2, 0.25) is 0 Å². The summed E-state index contributed by atoms with van der Waals surface area (Å²) >= 11 is 18.1. The minimum absolute atomic E-state index is 0.144. The van der Waals surface area contributed by atoms with Crippen LogP contribution in [0, 0.1) is 0 Å². The largest absolute Gasteiger partial charge is 0.394 e. The molecule has 2 aliphatic rings. The first-order valence-electron chi connectivity index (χ1n) is 11.6. The van der Waals surface area contributed by atoms with E-state index in [0.29, 0.717) is 45.0 Å². The molecule has 2 aromatic heterocycles. The Morgan fingerprint density at radius 2 is 1.97 bits per heavy atom. The van der Waals surface area contributed by atoms with Crippen molar-refractivity contribution in [2.75, 3.05) is 13.2 Å². The fraction of sp³-hybridized carbons (Fsp3) is 0.360. The van der Waals surface area contributed by atoms with Crippen LogP contribution in [0.3, 0.4) is 0 Å². The highest BCUT2D eigenvalue weighted by atomic mass is 35.5. The zero-order valence-corrected chi connectivity index (χ0v) is 21.9. The van der Waals surface area contributed by atoms with Crippen LogP contribution in [0.5, 0.6) is 0 Å². The van der Waals surface area contributed by atoms with Crippen LogP contribution in [-0.4, -0.2) is 60.7 Å². The maximum atomic E-state index is 13.8. The second kappa shape index (κ2) is 9.67. The first-order chi connectivity index (χ1) is 17.2. The van der Waals surface area contributed by atoms with E-state index in [1.54, 1.807) is 44.9 Å². The van der Waals surface area contributed by atoms with Gasteiger partial charge in [-0.1, -0.05) is 40.9 Å². The molecule has 11 heteroatoms. The van der Waals surface area contributed by atoms with E-state index in [1.165, 1.54) is 0 Å². The fourth-order valence-electron chi connectivity index (χ4n) is 4.93. The van der Waals surface area contributed by atoms with Gasteiger partial charge < -0.3 is 14.9 Å². The third kappa shape index (κ3) is 4.26. The predicted molar refractivity (Wildman–Crippen MR) is 137 cm³/mol. The van der Waals surface area contributed by atoms with Crippen LogP contribution in [0.4, 0.5) is 0 Å². The molecule has 1 unspecified atom stereocenters. The zero-order chi connectivity index (χ0) is 25.7. The molecule has 0 aliphatic carbocycles. The molecule has 3 aromatic rings. The van der Waals surface area contributed by atoms with E-state index in [-0.39, 0.29) is 37.0 Å². The lowest BCUT2D eigenvalue weighted by atomic mass is 9.96. The molecule has 1 N–H and O–H groups in total. The predicted octanol–water partition coefficient (Wildman–Crippen LogP) is 4.58. The summed E-state index contributed by atoms with van der Waals surface area (Å²) < 4.78 is 1.64. The van der Waals surface area contributed by atoms with E-state index < -0.39 is 6.04 Å². The van der Waals surface area contributed by atoms with Gasteiger partial charge in [-0.05, 0) is 43.7 Å². The molecule has 3 atom stereocenters. The van der Waals surface area contributed by atoms with Crippen LogP contribution in [-0.2, 0) is 13.0 Å². The van der Waals surface area contributed by atoms with Crippen molar-refractivity contribution in [1.82, 2.24) is 24.6 Å². The average Bonchev–Trinajstić information content (AvgIpc) is 3.24. The summed E-state index contributed by atoms with van der Waals surface area (Å²) in [7, 11) is 0. The molecule has 8 nitrogen and oxygen atoms in total. The number of carbonyl (C=O) groups excluding carboxylic acids is 2. The Kier molecular flexibility index (Phi) is 6.72. The molecule has 0 radical (unpaired) electrons. The number of hydrogen-bond acceptors (Lipinski definition) is 5. The quantitative estimate of drug-likeness (QED) is 0.482. The highest BCUT2D eigenvalue weighted by molar-refractivity contribution is 6.42. The lowest BCUT2D eigenvalue weighted by Gasteiger charge is -2.38. The summed E-state index contributed by atoms with van der Waals surface area (Å²) in [6.07, 6.45) is 2.14. The van der Waals surface area contributed by atoms with Crippen LogP contribution < -0.4 is 0 Å². The molecule has 0 saturated carbocycles. The Morgan fingerprint density at radius 1 is 1.19 bits per heavy atom. The number of aliphatic hydroxyl groups excluding tert-OH is 1. The summed E-state index contributed by atoms with van der Waals surface area (Å²) in [5, 5.41) is 15.9. The number of rotatable bonds is 4. The first-order valence-corrected chi connectivity index (χ1v) is 12.7. The average molecular weight is 549 g/mol. The first kappa shape index (κ1) is 25.0. The van der Waals surface area contributed by atoms with Crippen LogP contribution >= 0.6 is 34.8 Å². The van der Waals surface area contributed by atoms with Crippen molar-refractivity contribution in [2.45, 2.75) is 44.9 Å². The maximum absolute atomic E-state index is 13.8. The van der Waals surface area contributed by atoms with Gasteiger partial charge in [0.25, 0.3) is 11.8 Å². The summed E-state index contributed by atoms with van der Waals surface area (Å²) in [5.74, 6) is -0.404. The molecule has 4 heterocycles. The van der Waals surface area contributed by atoms with Crippen LogP contribution in [0.2, 0.25) is 15.2 Å². The van der Waals surface area contributed by atoms with E-state index in [1.807, 2.05) is 19.9 Å². The standard InChI is InChI=1S/C25H24Cl3N5O3/c1-13-7-21-18(11-31(13)24(35)15-3-5-19(26)20(27)8-15)23-25(36)32(10-17(12-34)33(23)30-21)14(2)16-4-6-22(28)29-9-16/h3-6,8-9,13-14,17,34H,7,10-12H2,1-2H3/t13-,14?,17+/m1/s1. The van der Waals surface area contributed by atoms with Crippen molar-refractivity contribution in [3.8, 4) is 0 Å². The van der Waals surface area contributed by atoms with Crippen LogP contribution in [0.1, 0.15) is 63.6 Å². The Balaban J connectivity index is 1.50. The number of carbonyl (C=O) groups is 2. The number of nitrogens with zero attached hydrogens (tertiary/aromatic N) is 5. The Morgan fingerprint density at radius 3 is 2.64 bits per heavy atom. The third-order valence-electron chi connectivity index (χ3n) is 7.00. The van der Waals surface area contributed by atoms with E-state index in [9.17, 15) is 14.7 Å². The van der Waals surface area contributed by atoms with Gasteiger partial charge in [0.15, 0.2) is 0 Å². The van der Waals surface area contributed by atoms with Crippen molar-refractivity contribution in [3.05, 3.63) is 79.8 Å². The zero-order valence-electron chi connectivity index (χ0n) is 19.7. The van der Waals surface area contributed by atoms with Gasteiger partial charge in [-0.3, -0.25) is 14.3 Å². The second-order valence-corrected chi connectivity index (χ2v) is 10.4. The van der Waals surface area contributed by atoms with Gasteiger partial charge in [-0.25, -0.2) is 4.98 Å². The van der Waals surface area contributed by atoms with Gasteiger partial charge in [0.1, 0.15) is 10.8 Å². The maximum Gasteiger partial charge on any atom is 0.273 e. The van der Waals surface area contributed by atoms with Gasteiger partial charge in [0.05, 0.1) is 41.0 Å². The normalized spacial score (nSPS) is 20.2. The van der Waals surface area contributed by atoms with Gasteiger partial charge in [0, 0.05) is 36.3 Å². The van der Waals surface area contributed by atoms with E-state index in [0.717, 1.165) is 11.3 Å². The monoisotopic (exact) mass is 547 g/mol. The minimum Gasteiger partial charge on any atom is -0.394 e. The van der Waals surface area contributed by atoms with Crippen LogP contribution in [0.25, 0.3) is 0 Å². The Labute approximate surface area is 223 Å². The highest BCUT2D eigenvalue weighted by Crippen LogP contribution is 2.35. The van der Waals surface area contributed by atoms with E-state index in [4.69, 9.17) is 39.9 Å². The summed E-state index contributed by atoms with van der Waals surface area (Å²) in [6, 6.07) is 7.47. The third-order valence-corrected chi connectivity index (χ3v) is 7.96. The van der Waals surface area contributed by atoms with Crippen LogP contribution in [0.15, 0.2) is 36.5 Å². The molecule has 0 saturated heterocycles. The van der Waals surface area contributed by atoms with Crippen molar-refractivity contribution < 1.29 is 14.7 Å². The molecule has 2 aliphatic heterocycles. The molecule has 1 aromatic carbocycles. The molecule has 0 spiro atoms. The summed E-state index contributed by atoms with van der Waals surface area (Å²) in [6.45, 7) is 4.21. The molecule has 2 amide bonds. The number of aromatic nitrogens is 3.